The number of esters is 3. The first kappa shape index (κ1) is 98.7. The van der Waals surface area contributed by atoms with Gasteiger partial charge in [-0.2, -0.15) is 0 Å². The van der Waals surface area contributed by atoms with Crippen molar-refractivity contribution in [2.24, 2.45) is 0 Å². The summed E-state index contributed by atoms with van der Waals surface area (Å²) in [5, 5.41) is 20.6. The SMILES string of the molecule is CC/C=C\C/C=C\C/C=C\C/C=C\C/C=C\C/C=C\CCCCCCCCCCCCCCCCC(=O)OCC(O)COP(=O)(O)OCC(O)COP(=O)(O)OCC(COC(=O)CCCCC/C=C\C/C=C\C/C=C\C/C=C\C/C=C\CC)OC(=O)CCCCCCCCCCCCCCCCC. The van der Waals surface area contributed by atoms with Crippen molar-refractivity contribution in [3.63, 3.8) is 0 Å². The van der Waals surface area contributed by atoms with E-state index in [9.17, 15) is 43.5 Å². The van der Waals surface area contributed by atoms with Crippen LogP contribution in [0.1, 0.15) is 329 Å². The second-order valence-electron chi connectivity index (χ2n) is 26.8. The molecular formula is C85H146O16P2. The predicted octanol–water partition coefficient (Wildman–Crippen LogP) is 23.9. The smallest absolute Gasteiger partial charge is 0.463 e. The van der Waals surface area contributed by atoms with E-state index in [1.54, 1.807) is 0 Å². The molecule has 16 nitrogen and oxygen atoms in total. The van der Waals surface area contributed by atoms with E-state index in [1.165, 1.54) is 128 Å². The van der Waals surface area contributed by atoms with Crippen molar-refractivity contribution in [2.45, 2.75) is 347 Å². The number of carbonyl (C=O) groups is 3. The van der Waals surface area contributed by atoms with Crippen LogP contribution in [0.25, 0.3) is 0 Å². The van der Waals surface area contributed by atoms with Crippen LogP contribution in [-0.4, -0.2) is 95.9 Å². The summed E-state index contributed by atoms with van der Waals surface area (Å²) in [7, 11) is -9.80. The van der Waals surface area contributed by atoms with Gasteiger partial charge < -0.3 is 34.2 Å². The number of allylic oxidation sites excluding steroid dienone is 22. The molecule has 4 N–H and O–H groups in total. The molecule has 0 aromatic rings. The van der Waals surface area contributed by atoms with Crippen molar-refractivity contribution >= 4 is 33.6 Å². The van der Waals surface area contributed by atoms with E-state index in [0.29, 0.717) is 19.3 Å². The summed E-state index contributed by atoms with van der Waals surface area (Å²) in [6, 6.07) is 0. The Labute approximate surface area is 626 Å². The van der Waals surface area contributed by atoms with Gasteiger partial charge >= 0.3 is 33.6 Å². The molecule has 5 unspecified atom stereocenters. The fourth-order valence-electron chi connectivity index (χ4n) is 10.8. The normalized spacial score (nSPS) is 14.7. The van der Waals surface area contributed by atoms with Crippen molar-refractivity contribution in [1.29, 1.82) is 0 Å². The number of aliphatic hydroxyl groups is 2. The van der Waals surface area contributed by atoms with Gasteiger partial charge in [0.25, 0.3) is 0 Å². The van der Waals surface area contributed by atoms with Crippen LogP contribution in [0.4, 0.5) is 0 Å². The molecule has 0 spiro atoms. The minimum absolute atomic E-state index is 0.0987. The van der Waals surface area contributed by atoms with Crippen LogP contribution in [0, 0.1) is 0 Å². The van der Waals surface area contributed by atoms with Crippen LogP contribution in [0.2, 0.25) is 0 Å². The number of aliphatic hydroxyl groups excluding tert-OH is 2. The third-order valence-corrected chi connectivity index (χ3v) is 18.8. The maximum absolute atomic E-state index is 13.0. The Morgan fingerprint density at radius 1 is 0.282 bits per heavy atom. The highest BCUT2D eigenvalue weighted by Crippen LogP contribution is 2.45. The molecule has 0 saturated heterocycles. The van der Waals surface area contributed by atoms with Crippen LogP contribution >= 0.6 is 15.6 Å². The first-order chi connectivity index (χ1) is 50.2. The number of hydrogen-bond donors (Lipinski definition) is 4. The highest BCUT2D eigenvalue weighted by atomic mass is 31.2. The van der Waals surface area contributed by atoms with Gasteiger partial charge in [-0.3, -0.25) is 32.5 Å². The zero-order valence-electron chi connectivity index (χ0n) is 64.7. The summed E-state index contributed by atoms with van der Waals surface area (Å²) < 4.78 is 61.1. The van der Waals surface area contributed by atoms with Crippen LogP contribution in [0.15, 0.2) is 134 Å². The molecule has 0 radical (unpaired) electrons. The molecule has 5 atom stereocenters. The van der Waals surface area contributed by atoms with Crippen molar-refractivity contribution in [2.75, 3.05) is 39.6 Å². The zero-order chi connectivity index (χ0) is 75.2. The Bertz CT molecular complexity index is 2410. The van der Waals surface area contributed by atoms with Crippen molar-refractivity contribution < 1.29 is 75.8 Å². The van der Waals surface area contributed by atoms with Gasteiger partial charge in [-0.15, -0.1) is 0 Å². The number of phosphoric acid groups is 2. The summed E-state index contributed by atoms with van der Waals surface area (Å²) >= 11 is 0. The second kappa shape index (κ2) is 77.3. The van der Waals surface area contributed by atoms with Gasteiger partial charge in [0.1, 0.15) is 25.4 Å². The van der Waals surface area contributed by atoms with Gasteiger partial charge in [0.15, 0.2) is 6.10 Å². The lowest BCUT2D eigenvalue weighted by molar-refractivity contribution is -0.161. The van der Waals surface area contributed by atoms with E-state index in [1.807, 2.05) is 0 Å². The van der Waals surface area contributed by atoms with E-state index >= 15 is 0 Å². The quantitative estimate of drug-likeness (QED) is 0.0146. The Kier molecular flexibility index (Phi) is 74.1. The molecule has 0 aliphatic rings. The molecule has 0 amide bonds. The third-order valence-electron chi connectivity index (χ3n) is 16.9. The van der Waals surface area contributed by atoms with Gasteiger partial charge in [-0.05, 0) is 116 Å². The fraction of sp³-hybridized carbons (Fsp3) is 0.706. The van der Waals surface area contributed by atoms with E-state index in [-0.39, 0.29) is 19.3 Å². The molecule has 18 heteroatoms. The van der Waals surface area contributed by atoms with Crippen molar-refractivity contribution in [1.82, 2.24) is 0 Å². The number of hydrogen-bond acceptors (Lipinski definition) is 14. The van der Waals surface area contributed by atoms with Crippen LogP contribution in [0.3, 0.4) is 0 Å². The maximum atomic E-state index is 13.0. The highest BCUT2D eigenvalue weighted by Gasteiger charge is 2.29. The fourth-order valence-corrected chi connectivity index (χ4v) is 12.4. The van der Waals surface area contributed by atoms with Crippen molar-refractivity contribution in [3.8, 4) is 0 Å². The molecule has 0 fully saturated rings. The monoisotopic (exact) mass is 1490 g/mol. The lowest BCUT2D eigenvalue weighted by Crippen LogP contribution is -2.30. The number of carbonyl (C=O) groups excluding carboxylic acids is 3. The van der Waals surface area contributed by atoms with Gasteiger partial charge in [0, 0.05) is 19.3 Å². The van der Waals surface area contributed by atoms with Crippen LogP contribution in [-0.2, 0) is 55.8 Å². The summed E-state index contributed by atoms with van der Waals surface area (Å²) in [4.78, 5) is 58.6. The maximum Gasteiger partial charge on any atom is 0.472 e. The highest BCUT2D eigenvalue weighted by molar-refractivity contribution is 7.47. The molecule has 0 bridgehead atoms. The lowest BCUT2D eigenvalue weighted by Gasteiger charge is -2.21. The lowest BCUT2D eigenvalue weighted by atomic mass is 10.0. The molecule has 0 aromatic heterocycles. The number of phosphoric ester groups is 2. The average Bonchev–Trinajstić information content (AvgIpc) is 0.916. The standard InChI is InChI=1S/C85H146O16P2/c1-4-7-10-13-16-19-22-25-28-30-32-33-34-35-36-37-38-39-40-41-42-43-44-45-47-49-51-53-56-59-62-65-68-71-83(88)95-74-80(86)75-97-102(91,92)98-76-81(87)77-99-103(93,94)100-79-82(101-85(90)73-70-67-64-61-58-55-50-27-24-21-18-15-12-9-6-3)78-96-84(89)72-69-66-63-60-57-54-52-48-46-31-29-26-23-20-17-14-11-8-5-2/h7-8,10-11,16-17,19-20,25-26,28-29,32-33,35-36,38-39,46,48,54,57,80-82,86-87H,4-6,9,12-15,18,21-24,27,30-31,34,37,40-45,47,49-53,55-56,58-79H2,1-3H3,(H,91,92)(H,93,94)/b10-7-,11-8-,19-16-,20-17-,28-25-,29-26-,33-32-,36-35-,39-38-,48-46-,57-54-. The molecule has 0 aliphatic heterocycles. The Morgan fingerprint density at radius 3 is 0.825 bits per heavy atom. The summed E-state index contributed by atoms with van der Waals surface area (Å²) in [5.41, 5.74) is 0. The number of unbranched alkanes of at least 4 members (excludes halogenated alkanes) is 31. The molecule has 0 heterocycles. The summed E-state index contributed by atoms with van der Waals surface area (Å²) in [5.74, 6) is -1.60. The summed E-state index contributed by atoms with van der Waals surface area (Å²) in [6.07, 6.45) is 93.7. The van der Waals surface area contributed by atoms with E-state index in [4.69, 9.17) is 32.3 Å². The minimum atomic E-state index is -4.94. The molecule has 592 valence electrons. The molecular weight excluding hydrogens is 1340 g/mol. The predicted molar refractivity (Wildman–Crippen MR) is 426 cm³/mol. The van der Waals surface area contributed by atoms with E-state index < -0.39 is 91.5 Å². The van der Waals surface area contributed by atoms with Gasteiger partial charge in [-0.25, -0.2) is 9.13 Å². The first-order valence-corrected chi connectivity index (χ1v) is 43.5. The third kappa shape index (κ3) is 78.6. The largest absolute Gasteiger partial charge is 0.472 e. The van der Waals surface area contributed by atoms with Gasteiger partial charge in [0.05, 0.1) is 26.4 Å². The molecule has 0 aliphatic carbocycles. The number of ether oxygens (including phenoxy) is 3. The molecule has 0 rings (SSSR count). The van der Waals surface area contributed by atoms with E-state index in [0.717, 1.165) is 141 Å². The van der Waals surface area contributed by atoms with Crippen LogP contribution < -0.4 is 0 Å². The topological polar surface area (TPSA) is 231 Å². The molecule has 0 aromatic carbocycles. The zero-order valence-corrected chi connectivity index (χ0v) is 66.5. The second-order valence-corrected chi connectivity index (χ2v) is 29.7. The molecule has 0 saturated carbocycles. The Hall–Kier alpha value is -4.31. The Balaban J connectivity index is 4.47. The van der Waals surface area contributed by atoms with E-state index in [2.05, 4.69) is 154 Å². The summed E-state index contributed by atoms with van der Waals surface area (Å²) in [6.45, 7) is 2.44. The first-order valence-electron chi connectivity index (χ1n) is 40.5. The average molecular weight is 1490 g/mol. The van der Waals surface area contributed by atoms with Crippen LogP contribution in [0.5, 0.6) is 0 Å². The van der Waals surface area contributed by atoms with Crippen molar-refractivity contribution in [3.05, 3.63) is 134 Å². The van der Waals surface area contributed by atoms with Gasteiger partial charge in [0.2, 0.25) is 0 Å². The van der Waals surface area contributed by atoms with Gasteiger partial charge in [-0.1, -0.05) is 328 Å². The Morgan fingerprint density at radius 2 is 0.515 bits per heavy atom. The minimum Gasteiger partial charge on any atom is -0.463 e. The number of rotatable bonds is 76. The molecule has 103 heavy (non-hydrogen) atoms.